The van der Waals surface area contributed by atoms with Crippen LogP contribution >= 0.6 is 0 Å². The van der Waals surface area contributed by atoms with E-state index in [1.807, 2.05) is 0 Å². The highest BCUT2D eigenvalue weighted by atomic mass is 14.9. The lowest BCUT2D eigenvalue weighted by atomic mass is 9.99. The third-order valence-corrected chi connectivity index (χ3v) is 3.28. The van der Waals surface area contributed by atoms with Gasteiger partial charge in [0, 0.05) is 17.8 Å². The summed E-state index contributed by atoms with van der Waals surface area (Å²) in [5, 5.41) is 3.28. The molecule has 2 aromatic rings. The summed E-state index contributed by atoms with van der Waals surface area (Å²) in [5.41, 5.74) is 7.45. The SMILES string of the molecule is C=C1NCc2ccc(-c3cccc(C)c3)cc21. The number of fused-ring (bicyclic) bond motifs is 1. The molecule has 17 heavy (non-hydrogen) atoms. The molecule has 0 atom stereocenters. The molecule has 0 amide bonds. The zero-order valence-electron chi connectivity index (χ0n) is 9.96. The zero-order valence-corrected chi connectivity index (χ0v) is 9.96. The van der Waals surface area contributed by atoms with Crippen LogP contribution in [0.25, 0.3) is 16.8 Å². The molecule has 2 aromatic carbocycles. The maximum atomic E-state index is 4.04. The summed E-state index contributed by atoms with van der Waals surface area (Å²) >= 11 is 0. The van der Waals surface area contributed by atoms with Crippen molar-refractivity contribution in [3.8, 4) is 11.1 Å². The molecule has 1 heteroatoms. The van der Waals surface area contributed by atoms with Gasteiger partial charge in [-0.15, -0.1) is 0 Å². The summed E-state index contributed by atoms with van der Waals surface area (Å²) in [5.74, 6) is 0. The van der Waals surface area contributed by atoms with Gasteiger partial charge in [0.05, 0.1) is 0 Å². The fourth-order valence-electron chi connectivity index (χ4n) is 2.31. The van der Waals surface area contributed by atoms with Gasteiger partial charge in [0.15, 0.2) is 0 Å². The minimum atomic E-state index is 0.905. The van der Waals surface area contributed by atoms with Crippen LogP contribution in [0, 0.1) is 6.92 Å². The number of aryl methyl sites for hydroxylation is 1. The molecule has 1 N–H and O–H groups in total. The Labute approximate surface area is 102 Å². The van der Waals surface area contributed by atoms with Crippen molar-refractivity contribution < 1.29 is 0 Å². The molecule has 0 radical (unpaired) electrons. The highest BCUT2D eigenvalue weighted by molar-refractivity contribution is 5.75. The highest BCUT2D eigenvalue weighted by Gasteiger charge is 2.14. The van der Waals surface area contributed by atoms with E-state index in [-0.39, 0.29) is 0 Å². The van der Waals surface area contributed by atoms with Gasteiger partial charge in [0.25, 0.3) is 0 Å². The molecular formula is C16H15N. The van der Waals surface area contributed by atoms with Gasteiger partial charge in [-0.25, -0.2) is 0 Å². The molecule has 0 fully saturated rings. The van der Waals surface area contributed by atoms with Crippen LogP contribution in [0.2, 0.25) is 0 Å². The lowest BCUT2D eigenvalue weighted by Crippen LogP contribution is -1.98. The van der Waals surface area contributed by atoms with Gasteiger partial charge in [0.2, 0.25) is 0 Å². The van der Waals surface area contributed by atoms with Crippen molar-refractivity contribution in [1.82, 2.24) is 5.32 Å². The van der Waals surface area contributed by atoms with Crippen molar-refractivity contribution in [3.05, 3.63) is 65.7 Å². The average Bonchev–Trinajstić information content (AvgIpc) is 2.71. The molecule has 0 bridgehead atoms. The minimum Gasteiger partial charge on any atom is -0.381 e. The van der Waals surface area contributed by atoms with Crippen molar-refractivity contribution in [2.24, 2.45) is 0 Å². The van der Waals surface area contributed by atoms with Crippen LogP contribution in [-0.4, -0.2) is 0 Å². The summed E-state index contributed by atoms with van der Waals surface area (Å²) in [6.07, 6.45) is 0. The fraction of sp³-hybridized carbons (Fsp3) is 0.125. The molecule has 3 rings (SSSR count). The zero-order chi connectivity index (χ0) is 11.8. The van der Waals surface area contributed by atoms with Crippen LogP contribution in [-0.2, 0) is 6.54 Å². The van der Waals surface area contributed by atoms with Crippen LogP contribution in [0.15, 0.2) is 49.0 Å². The van der Waals surface area contributed by atoms with Gasteiger partial charge < -0.3 is 5.32 Å². The second kappa shape index (κ2) is 3.77. The molecule has 1 aliphatic rings. The topological polar surface area (TPSA) is 12.0 Å². The average molecular weight is 221 g/mol. The largest absolute Gasteiger partial charge is 0.381 e. The Kier molecular flexibility index (Phi) is 2.25. The monoisotopic (exact) mass is 221 g/mol. The van der Waals surface area contributed by atoms with E-state index in [0.29, 0.717) is 0 Å². The van der Waals surface area contributed by atoms with Crippen molar-refractivity contribution in [2.75, 3.05) is 0 Å². The van der Waals surface area contributed by atoms with Crippen LogP contribution in [0.5, 0.6) is 0 Å². The Balaban J connectivity index is 2.11. The van der Waals surface area contributed by atoms with E-state index in [9.17, 15) is 0 Å². The first-order chi connectivity index (χ1) is 8.24. The Morgan fingerprint density at radius 1 is 1.06 bits per heavy atom. The van der Waals surface area contributed by atoms with Crippen LogP contribution in [0.3, 0.4) is 0 Å². The maximum absolute atomic E-state index is 4.04. The molecule has 84 valence electrons. The number of hydrogen-bond donors (Lipinski definition) is 1. The van der Waals surface area contributed by atoms with Gasteiger partial charge >= 0.3 is 0 Å². The molecule has 0 unspecified atom stereocenters. The molecule has 0 aromatic heterocycles. The number of nitrogens with one attached hydrogen (secondary N) is 1. The molecule has 0 saturated heterocycles. The smallest absolute Gasteiger partial charge is 0.0407 e. The standard InChI is InChI=1S/C16H15N/c1-11-4-3-5-13(8-11)14-6-7-15-10-17-12(2)16(15)9-14/h3-9,17H,2,10H2,1H3. The van der Waals surface area contributed by atoms with E-state index in [0.717, 1.165) is 12.2 Å². The summed E-state index contributed by atoms with van der Waals surface area (Å²) in [6, 6.07) is 15.2. The quantitative estimate of drug-likeness (QED) is 0.773. The molecule has 1 heterocycles. The second-order valence-electron chi connectivity index (χ2n) is 4.57. The van der Waals surface area contributed by atoms with Crippen LogP contribution in [0.4, 0.5) is 0 Å². The van der Waals surface area contributed by atoms with Crippen molar-refractivity contribution in [1.29, 1.82) is 0 Å². The Hall–Kier alpha value is -2.02. The van der Waals surface area contributed by atoms with Gasteiger partial charge in [0.1, 0.15) is 0 Å². The van der Waals surface area contributed by atoms with E-state index in [4.69, 9.17) is 0 Å². The summed E-state index contributed by atoms with van der Waals surface area (Å²) in [6.45, 7) is 7.06. The lowest BCUT2D eigenvalue weighted by molar-refractivity contribution is 0.946. The number of hydrogen-bond acceptors (Lipinski definition) is 1. The van der Waals surface area contributed by atoms with E-state index >= 15 is 0 Å². The summed E-state index contributed by atoms with van der Waals surface area (Å²) in [4.78, 5) is 0. The molecule has 0 aliphatic carbocycles. The third-order valence-electron chi connectivity index (χ3n) is 3.28. The number of benzene rings is 2. The van der Waals surface area contributed by atoms with Gasteiger partial charge in [-0.3, -0.25) is 0 Å². The predicted octanol–water partition coefficient (Wildman–Crippen LogP) is 3.74. The third kappa shape index (κ3) is 1.74. The van der Waals surface area contributed by atoms with E-state index in [1.165, 1.54) is 27.8 Å². The fourth-order valence-corrected chi connectivity index (χ4v) is 2.31. The molecular weight excluding hydrogens is 206 g/mol. The second-order valence-corrected chi connectivity index (χ2v) is 4.57. The van der Waals surface area contributed by atoms with Gasteiger partial charge in [-0.2, -0.15) is 0 Å². The Bertz CT molecular complexity index is 596. The van der Waals surface area contributed by atoms with Gasteiger partial charge in [-0.05, 0) is 29.7 Å². The first-order valence-electron chi connectivity index (χ1n) is 5.87. The first-order valence-corrected chi connectivity index (χ1v) is 5.87. The van der Waals surface area contributed by atoms with Gasteiger partial charge in [-0.1, -0.05) is 48.5 Å². The molecule has 1 nitrogen and oxygen atoms in total. The van der Waals surface area contributed by atoms with E-state index in [1.54, 1.807) is 0 Å². The van der Waals surface area contributed by atoms with Crippen LogP contribution < -0.4 is 5.32 Å². The van der Waals surface area contributed by atoms with Crippen molar-refractivity contribution in [2.45, 2.75) is 13.5 Å². The normalized spacial score (nSPS) is 13.4. The summed E-state index contributed by atoms with van der Waals surface area (Å²) in [7, 11) is 0. The number of rotatable bonds is 1. The Morgan fingerprint density at radius 3 is 2.71 bits per heavy atom. The van der Waals surface area contributed by atoms with E-state index in [2.05, 4.69) is 61.3 Å². The first kappa shape index (κ1) is 10.2. The highest BCUT2D eigenvalue weighted by Crippen LogP contribution is 2.29. The molecule has 1 aliphatic heterocycles. The summed E-state index contributed by atoms with van der Waals surface area (Å²) < 4.78 is 0. The Morgan fingerprint density at radius 2 is 1.88 bits per heavy atom. The van der Waals surface area contributed by atoms with E-state index < -0.39 is 0 Å². The van der Waals surface area contributed by atoms with Crippen molar-refractivity contribution in [3.63, 3.8) is 0 Å². The molecule has 0 saturated carbocycles. The molecule has 0 spiro atoms. The minimum absolute atomic E-state index is 0.905. The maximum Gasteiger partial charge on any atom is 0.0407 e. The predicted molar refractivity (Wildman–Crippen MR) is 72.5 cm³/mol. The van der Waals surface area contributed by atoms with Crippen molar-refractivity contribution >= 4 is 5.70 Å². The van der Waals surface area contributed by atoms with Crippen LogP contribution in [0.1, 0.15) is 16.7 Å². The lowest BCUT2D eigenvalue weighted by Gasteiger charge is -2.06.